The highest BCUT2D eigenvalue weighted by molar-refractivity contribution is 5.94. The second-order valence-corrected chi connectivity index (χ2v) is 8.80. The van der Waals surface area contributed by atoms with Gasteiger partial charge in [0.2, 0.25) is 0 Å². The average molecular weight is 430 g/mol. The Kier molecular flexibility index (Phi) is 5.57. The van der Waals surface area contributed by atoms with Gasteiger partial charge in [-0.1, -0.05) is 23.8 Å². The summed E-state index contributed by atoms with van der Waals surface area (Å²) in [7, 11) is 0. The van der Waals surface area contributed by atoms with Gasteiger partial charge < -0.3 is 9.88 Å². The van der Waals surface area contributed by atoms with Gasteiger partial charge in [-0.15, -0.1) is 0 Å². The standard InChI is InChI=1S/C25H27N5O2/c1-17-4-6-19(7-5-17)25(32)30-12-8-20(15-30)23-27-22-16-29(11-9-21(22)24(31)28-23)14-18-3-2-10-26-13-18/h2-7,10,13,20H,8-9,11-12,14-16H2,1H3,(H,27,28,31)/t20-/m1/s1. The van der Waals surface area contributed by atoms with E-state index in [2.05, 4.69) is 20.9 Å². The Hall–Kier alpha value is -3.32. The van der Waals surface area contributed by atoms with Crippen molar-refractivity contribution in [1.82, 2.24) is 24.8 Å². The minimum absolute atomic E-state index is 0.0330. The van der Waals surface area contributed by atoms with E-state index in [1.807, 2.05) is 48.4 Å². The van der Waals surface area contributed by atoms with Crippen molar-refractivity contribution < 1.29 is 4.79 Å². The first-order chi connectivity index (χ1) is 15.6. The molecule has 2 aliphatic heterocycles. The van der Waals surface area contributed by atoms with Gasteiger partial charge in [-0.25, -0.2) is 4.98 Å². The molecule has 0 unspecified atom stereocenters. The van der Waals surface area contributed by atoms with Gasteiger partial charge in [-0.3, -0.25) is 19.5 Å². The quantitative estimate of drug-likeness (QED) is 0.690. The maximum Gasteiger partial charge on any atom is 0.254 e. The summed E-state index contributed by atoms with van der Waals surface area (Å²) in [6.07, 6.45) is 5.15. The summed E-state index contributed by atoms with van der Waals surface area (Å²) in [5, 5.41) is 0. The number of hydrogen-bond acceptors (Lipinski definition) is 5. The first-order valence-corrected chi connectivity index (χ1v) is 11.2. The molecule has 2 aromatic heterocycles. The average Bonchev–Trinajstić information content (AvgIpc) is 3.30. The molecule has 7 nitrogen and oxygen atoms in total. The third kappa shape index (κ3) is 4.21. The molecule has 0 radical (unpaired) electrons. The molecule has 1 amide bonds. The summed E-state index contributed by atoms with van der Waals surface area (Å²) in [6, 6.07) is 11.7. The largest absolute Gasteiger partial charge is 0.338 e. The van der Waals surface area contributed by atoms with Crippen LogP contribution in [0.25, 0.3) is 0 Å². The predicted molar refractivity (Wildman–Crippen MR) is 121 cm³/mol. The minimum atomic E-state index is -0.0330. The van der Waals surface area contributed by atoms with Crippen LogP contribution in [0.1, 0.15) is 50.9 Å². The Labute approximate surface area is 187 Å². The SMILES string of the molecule is Cc1ccc(C(=O)N2CC[C@@H](c3nc4c(c(=O)[nH]3)CCN(Cc3cccnc3)C4)C2)cc1. The van der Waals surface area contributed by atoms with Crippen molar-refractivity contribution >= 4 is 5.91 Å². The van der Waals surface area contributed by atoms with E-state index < -0.39 is 0 Å². The van der Waals surface area contributed by atoms with Crippen LogP contribution in [-0.4, -0.2) is 50.3 Å². The van der Waals surface area contributed by atoms with Gasteiger partial charge >= 0.3 is 0 Å². The highest BCUT2D eigenvalue weighted by Gasteiger charge is 2.31. The topological polar surface area (TPSA) is 82.2 Å². The van der Waals surface area contributed by atoms with E-state index in [1.54, 1.807) is 6.20 Å². The minimum Gasteiger partial charge on any atom is -0.338 e. The van der Waals surface area contributed by atoms with Crippen molar-refractivity contribution in [3.63, 3.8) is 0 Å². The molecule has 1 saturated heterocycles. The molecule has 0 bridgehead atoms. The zero-order valence-corrected chi connectivity index (χ0v) is 18.3. The molecule has 1 atom stereocenters. The highest BCUT2D eigenvalue weighted by Crippen LogP contribution is 2.27. The second kappa shape index (κ2) is 8.67. The van der Waals surface area contributed by atoms with Crippen molar-refractivity contribution in [3.8, 4) is 0 Å². The molecule has 1 aromatic carbocycles. The van der Waals surface area contributed by atoms with E-state index in [-0.39, 0.29) is 17.4 Å². The van der Waals surface area contributed by atoms with Crippen molar-refractivity contribution in [2.75, 3.05) is 19.6 Å². The van der Waals surface area contributed by atoms with Crippen LogP contribution in [0.4, 0.5) is 0 Å². The number of rotatable bonds is 4. The molecule has 5 rings (SSSR count). The van der Waals surface area contributed by atoms with Crippen LogP contribution >= 0.6 is 0 Å². The molecular weight excluding hydrogens is 402 g/mol. The van der Waals surface area contributed by atoms with Crippen LogP contribution in [0.15, 0.2) is 53.6 Å². The first-order valence-electron chi connectivity index (χ1n) is 11.2. The number of nitrogens with zero attached hydrogens (tertiary/aromatic N) is 4. The molecular formula is C25H27N5O2. The Morgan fingerprint density at radius 1 is 1.19 bits per heavy atom. The Bertz CT molecular complexity index is 1170. The third-order valence-corrected chi connectivity index (χ3v) is 6.46. The second-order valence-electron chi connectivity index (χ2n) is 8.80. The fourth-order valence-corrected chi connectivity index (χ4v) is 4.64. The van der Waals surface area contributed by atoms with E-state index >= 15 is 0 Å². The molecule has 2 aliphatic rings. The Morgan fingerprint density at radius 3 is 2.81 bits per heavy atom. The maximum atomic E-state index is 12.9. The van der Waals surface area contributed by atoms with Gasteiger partial charge in [0.25, 0.3) is 11.5 Å². The van der Waals surface area contributed by atoms with E-state index in [1.165, 1.54) is 0 Å². The summed E-state index contributed by atoms with van der Waals surface area (Å²) in [5.74, 6) is 0.794. The summed E-state index contributed by atoms with van der Waals surface area (Å²) >= 11 is 0. The van der Waals surface area contributed by atoms with Crippen LogP contribution in [-0.2, 0) is 19.5 Å². The van der Waals surface area contributed by atoms with Crippen LogP contribution in [0.2, 0.25) is 0 Å². The lowest BCUT2D eigenvalue weighted by Gasteiger charge is -2.28. The van der Waals surface area contributed by atoms with Gasteiger partial charge in [-0.05, 0) is 43.5 Å². The molecule has 1 fully saturated rings. The number of hydrogen-bond donors (Lipinski definition) is 1. The number of carbonyl (C=O) groups excluding carboxylic acids is 1. The monoisotopic (exact) mass is 429 g/mol. The third-order valence-electron chi connectivity index (χ3n) is 6.46. The lowest BCUT2D eigenvalue weighted by molar-refractivity contribution is 0.0790. The lowest BCUT2D eigenvalue weighted by atomic mass is 10.0. The summed E-state index contributed by atoms with van der Waals surface area (Å²) in [4.78, 5) is 41.9. The maximum absolute atomic E-state index is 12.9. The molecule has 0 aliphatic carbocycles. The summed E-state index contributed by atoms with van der Waals surface area (Å²) in [5.41, 5.74) is 4.61. The molecule has 0 spiro atoms. The van der Waals surface area contributed by atoms with Crippen molar-refractivity contribution in [2.24, 2.45) is 0 Å². The smallest absolute Gasteiger partial charge is 0.254 e. The number of fused-ring (bicyclic) bond motifs is 1. The summed E-state index contributed by atoms with van der Waals surface area (Å²) < 4.78 is 0. The Morgan fingerprint density at radius 2 is 2.03 bits per heavy atom. The number of benzene rings is 1. The number of aromatic amines is 1. The fraction of sp³-hybridized carbons (Fsp3) is 0.360. The van der Waals surface area contributed by atoms with E-state index in [9.17, 15) is 9.59 Å². The number of likely N-dealkylation sites (tertiary alicyclic amines) is 1. The number of aromatic nitrogens is 3. The number of aryl methyl sites for hydroxylation is 1. The summed E-state index contributed by atoms with van der Waals surface area (Å²) in [6.45, 7) is 5.53. The number of carbonyl (C=O) groups is 1. The number of H-pyrrole nitrogens is 1. The lowest BCUT2D eigenvalue weighted by Crippen LogP contribution is -2.36. The molecule has 0 saturated carbocycles. The zero-order chi connectivity index (χ0) is 22.1. The molecule has 4 heterocycles. The zero-order valence-electron chi connectivity index (χ0n) is 18.3. The van der Waals surface area contributed by atoms with Crippen molar-refractivity contribution in [3.05, 3.63) is 92.9 Å². The van der Waals surface area contributed by atoms with Crippen molar-refractivity contribution in [1.29, 1.82) is 0 Å². The van der Waals surface area contributed by atoms with Gasteiger partial charge in [0.1, 0.15) is 5.82 Å². The normalized spacial score (nSPS) is 18.5. The number of amides is 1. The van der Waals surface area contributed by atoms with Gasteiger partial charge in [0.05, 0.1) is 5.69 Å². The highest BCUT2D eigenvalue weighted by atomic mass is 16.2. The molecule has 164 valence electrons. The number of nitrogens with one attached hydrogen (secondary N) is 1. The van der Waals surface area contributed by atoms with E-state index in [4.69, 9.17) is 4.98 Å². The molecule has 32 heavy (non-hydrogen) atoms. The van der Waals surface area contributed by atoms with Gasteiger partial charge in [0.15, 0.2) is 0 Å². The van der Waals surface area contributed by atoms with E-state index in [0.29, 0.717) is 37.4 Å². The molecule has 1 N–H and O–H groups in total. The predicted octanol–water partition coefficient (Wildman–Crippen LogP) is 2.66. The first kappa shape index (κ1) is 20.6. The molecule has 7 heteroatoms. The molecule has 3 aromatic rings. The fourth-order valence-electron chi connectivity index (χ4n) is 4.64. The van der Waals surface area contributed by atoms with Crippen LogP contribution in [0.3, 0.4) is 0 Å². The Balaban J connectivity index is 1.31. The van der Waals surface area contributed by atoms with Crippen LogP contribution in [0, 0.1) is 6.92 Å². The number of pyridine rings is 1. The van der Waals surface area contributed by atoms with Crippen LogP contribution in [0.5, 0.6) is 0 Å². The van der Waals surface area contributed by atoms with Gasteiger partial charge in [-0.2, -0.15) is 0 Å². The van der Waals surface area contributed by atoms with Crippen LogP contribution < -0.4 is 5.56 Å². The van der Waals surface area contributed by atoms with Crippen molar-refractivity contribution in [2.45, 2.75) is 38.8 Å². The van der Waals surface area contributed by atoms with Gasteiger partial charge in [0, 0.05) is 62.2 Å². The van der Waals surface area contributed by atoms with E-state index in [0.717, 1.165) is 41.9 Å².